The first-order valence-corrected chi connectivity index (χ1v) is 3.60. The number of hydrogen-bond acceptors (Lipinski definition) is 1. The van der Waals surface area contributed by atoms with Gasteiger partial charge in [-0.25, -0.2) is 0 Å². The topological polar surface area (TPSA) is 20.3 Å². The normalized spacial score (nSPS) is 11.1. The molecular weight excluding hydrogens is 162 g/mol. The highest BCUT2D eigenvalue weighted by Gasteiger charge is 2.02. The van der Waals surface area contributed by atoms with Crippen molar-refractivity contribution in [2.75, 3.05) is 7.05 Å². The molecule has 0 aliphatic rings. The number of carbonyl (C=O) groups is 1. The summed E-state index contributed by atoms with van der Waals surface area (Å²) in [7, 11) is 1.69. The first-order chi connectivity index (χ1) is 4.95. The fourth-order valence-electron chi connectivity index (χ4n) is 0.572. The second-order valence-corrected chi connectivity index (χ2v) is 2.80. The van der Waals surface area contributed by atoms with Crippen LogP contribution in [0.1, 0.15) is 13.8 Å². The maximum atomic E-state index is 10.8. The number of nitrogens with zero attached hydrogens (tertiary/aromatic N) is 1. The molecule has 0 radical (unpaired) electrons. The maximum absolute atomic E-state index is 10.8. The van der Waals surface area contributed by atoms with Crippen molar-refractivity contribution < 1.29 is 4.79 Å². The molecule has 62 valence electrons. The van der Waals surface area contributed by atoms with Crippen LogP contribution in [0.25, 0.3) is 0 Å². The molecule has 0 aromatic carbocycles. The Labute approximate surface area is 72.1 Å². The number of hydrogen-bond donors (Lipinski definition) is 0. The van der Waals surface area contributed by atoms with Crippen LogP contribution >= 0.6 is 11.6 Å². The molecule has 0 aliphatic carbocycles. The molecule has 0 fully saturated rings. The minimum Gasteiger partial charge on any atom is -0.320 e. The van der Waals surface area contributed by atoms with E-state index in [0.717, 1.165) is 5.70 Å². The van der Waals surface area contributed by atoms with Gasteiger partial charge in [0.05, 0.1) is 0 Å². The van der Waals surface area contributed by atoms with Crippen LogP contribution in [-0.2, 0) is 4.79 Å². The smallest absolute Gasteiger partial charge is 0.223 e. The lowest BCUT2D eigenvalue weighted by molar-refractivity contribution is -0.125. The van der Waals surface area contributed by atoms with E-state index in [2.05, 4.69) is 6.58 Å². The Morgan fingerprint density at radius 3 is 2.27 bits per heavy atom. The summed E-state index contributed by atoms with van der Waals surface area (Å²) < 4.78 is 0. The summed E-state index contributed by atoms with van der Waals surface area (Å²) in [6.45, 7) is 6.78. The van der Waals surface area contributed by atoms with Gasteiger partial charge in [-0.1, -0.05) is 18.2 Å². The maximum Gasteiger partial charge on any atom is 0.223 e. The molecule has 0 heterocycles. The number of allylic oxidation sites excluding steroid dienone is 3. The molecule has 0 N–H and O–H groups in total. The summed E-state index contributed by atoms with van der Waals surface area (Å²) >= 11 is 5.51. The number of rotatable bonds is 2. The van der Waals surface area contributed by atoms with Crippen LogP contribution in [0, 0.1) is 0 Å². The summed E-state index contributed by atoms with van der Waals surface area (Å²) in [6.07, 6.45) is 1.64. The SMILES string of the molecule is C=C(Cl)/C=C(\C)N(C)C(C)=O. The van der Waals surface area contributed by atoms with Crippen molar-refractivity contribution in [3.8, 4) is 0 Å². The predicted octanol–water partition coefficient (Wildman–Crippen LogP) is 2.12. The van der Waals surface area contributed by atoms with Crippen molar-refractivity contribution in [1.29, 1.82) is 0 Å². The third-order valence-corrected chi connectivity index (χ3v) is 1.48. The Balaban J connectivity index is 4.35. The van der Waals surface area contributed by atoms with Crippen LogP contribution in [0.2, 0.25) is 0 Å². The number of carbonyl (C=O) groups excluding carboxylic acids is 1. The fraction of sp³-hybridized carbons (Fsp3) is 0.375. The molecule has 0 spiro atoms. The molecule has 2 nitrogen and oxygen atoms in total. The van der Waals surface area contributed by atoms with E-state index >= 15 is 0 Å². The molecule has 11 heavy (non-hydrogen) atoms. The van der Waals surface area contributed by atoms with Gasteiger partial charge in [0.1, 0.15) is 0 Å². The lowest BCUT2D eigenvalue weighted by Crippen LogP contribution is -2.21. The van der Waals surface area contributed by atoms with Crippen molar-refractivity contribution in [3.05, 3.63) is 23.4 Å². The average molecular weight is 174 g/mol. The summed E-state index contributed by atoms with van der Waals surface area (Å²) in [4.78, 5) is 12.3. The average Bonchev–Trinajstić information content (AvgIpc) is 1.84. The second-order valence-electron chi connectivity index (χ2n) is 2.31. The van der Waals surface area contributed by atoms with E-state index in [1.54, 1.807) is 20.0 Å². The van der Waals surface area contributed by atoms with Crippen LogP contribution in [0.3, 0.4) is 0 Å². The molecule has 0 aromatic rings. The largest absolute Gasteiger partial charge is 0.320 e. The molecule has 0 rings (SSSR count). The van der Waals surface area contributed by atoms with Crippen molar-refractivity contribution in [2.45, 2.75) is 13.8 Å². The summed E-state index contributed by atoms with van der Waals surface area (Å²) in [6, 6.07) is 0. The Bertz CT molecular complexity index is 208. The molecule has 3 heteroatoms. The second kappa shape index (κ2) is 4.19. The van der Waals surface area contributed by atoms with E-state index in [9.17, 15) is 4.79 Å². The first-order valence-electron chi connectivity index (χ1n) is 3.22. The van der Waals surface area contributed by atoms with Crippen LogP contribution in [-0.4, -0.2) is 17.9 Å². The number of amides is 1. The lowest BCUT2D eigenvalue weighted by atomic mass is 10.4. The zero-order valence-corrected chi connectivity index (χ0v) is 7.77. The Hall–Kier alpha value is -0.760. The Kier molecular flexibility index (Phi) is 3.90. The fourth-order valence-corrected chi connectivity index (χ4v) is 0.730. The number of halogens is 1. The first kappa shape index (κ1) is 10.2. The van der Waals surface area contributed by atoms with E-state index in [-0.39, 0.29) is 5.91 Å². The molecule has 1 amide bonds. The molecule has 0 bridgehead atoms. The molecule has 0 unspecified atom stereocenters. The zero-order chi connectivity index (χ0) is 9.02. The standard InChI is InChI=1S/C8H12ClNO/c1-6(9)5-7(2)10(4)8(3)11/h5H,1H2,2-4H3/b7-5+. The van der Waals surface area contributed by atoms with Crippen molar-refractivity contribution in [3.63, 3.8) is 0 Å². The van der Waals surface area contributed by atoms with Crippen molar-refractivity contribution in [2.24, 2.45) is 0 Å². The van der Waals surface area contributed by atoms with Crippen LogP contribution in [0.4, 0.5) is 0 Å². The Morgan fingerprint density at radius 1 is 1.55 bits per heavy atom. The van der Waals surface area contributed by atoms with E-state index in [0.29, 0.717) is 5.03 Å². The van der Waals surface area contributed by atoms with E-state index < -0.39 is 0 Å². The minimum atomic E-state index is -0.0170. The van der Waals surface area contributed by atoms with Gasteiger partial charge in [-0.2, -0.15) is 0 Å². The van der Waals surface area contributed by atoms with Gasteiger partial charge in [0.25, 0.3) is 0 Å². The van der Waals surface area contributed by atoms with Crippen molar-refractivity contribution >= 4 is 17.5 Å². The molecule has 0 atom stereocenters. The highest BCUT2D eigenvalue weighted by molar-refractivity contribution is 6.30. The van der Waals surface area contributed by atoms with Gasteiger partial charge in [-0.15, -0.1) is 0 Å². The molecule has 0 saturated carbocycles. The highest BCUT2D eigenvalue weighted by Crippen LogP contribution is 2.07. The van der Waals surface area contributed by atoms with Gasteiger partial charge >= 0.3 is 0 Å². The third kappa shape index (κ3) is 3.83. The monoisotopic (exact) mass is 173 g/mol. The van der Waals surface area contributed by atoms with Gasteiger partial charge in [-0.05, 0) is 13.0 Å². The zero-order valence-electron chi connectivity index (χ0n) is 7.02. The molecule has 0 saturated heterocycles. The van der Waals surface area contributed by atoms with Crippen LogP contribution in [0.15, 0.2) is 23.4 Å². The quantitative estimate of drug-likeness (QED) is 0.586. The molecule has 0 aromatic heterocycles. The molecular formula is C8H12ClNO. The van der Waals surface area contributed by atoms with Crippen molar-refractivity contribution in [1.82, 2.24) is 4.90 Å². The third-order valence-electron chi connectivity index (χ3n) is 1.37. The summed E-state index contributed by atoms with van der Waals surface area (Å²) in [5, 5.41) is 0.426. The minimum absolute atomic E-state index is 0.0170. The highest BCUT2D eigenvalue weighted by atomic mass is 35.5. The Morgan fingerprint density at radius 2 is 2.00 bits per heavy atom. The van der Waals surface area contributed by atoms with Gasteiger partial charge < -0.3 is 4.90 Å². The van der Waals surface area contributed by atoms with Crippen LogP contribution < -0.4 is 0 Å². The van der Waals surface area contributed by atoms with Gasteiger partial charge in [0.15, 0.2) is 0 Å². The summed E-state index contributed by atoms with van der Waals surface area (Å²) in [5.41, 5.74) is 0.789. The van der Waals surface area contributed by atoms with E-state index in [1.165, 1.54) is 11.8 Å². The van der Waals surface area contributed by atoms with Crippen LogP contribution in [0.5, 0.6) is 0 Å². The summed E-state index contributed by atoms with van der Waals surface area (Å²) in [5.74, 6) is -0.0170. The molecule has 0 aliphatic heterocycles. The van der Waals surface area contributed by atoms with Gasteiger partial charge in [0.2, 0.25) is 5.91 Å². The van der Waals surface area contributed by atoms with E-state index in [4.69, 9.17) is 11.6 Å². The predicted molar refractivity (Wildman–Crippen MR) is 47.2 cm³/mol. The van der Waals surface area contributed by atoms with Gasteiger partial charge in [0, 0.05) is 24.7 Å². The van der Waals surface area contributed by atoms with E-state index in [1.807, 2.05) is 0 Å². The lowest BCUT2D eigenvalue weighted by Gasteiger charge is -2.14. The van der Waals surface area contributed by atoms with Gasteiger partial charge in [-0.3, -0.25) is 4.79 Å².